The molecule has 0 bridgehead atoms. The van der Waals surface area contributed by atoms with E-state index in [2.05, 4.69) is 4.99 Å². The predicted molar refractivity (Wildman–Crippen MR) is 33.9 cm³/mol. The molecule has 2 N–H and O–H groups in total. The molecule has 0 spiro atoms. The van der Waals surface area contributed by atoms with E-state index in [4.69, 9.17) is 5.73 Å². The number of halogens is 3. The first-order valence-corrected chi connectivity index (χ1v) is 3.41. The highest BCUT2D eigenvalue weighted by Crippen LogP contribution is 2.33. The number of aliphatic imine (C=N–C) groups is 1. The molecule has 58 valence electrons. The van der Waals surface area contributed by atoms with Crippen molar-refractivity contribution >= 4 is 16.9 Å². The lowest BCUT2D eigenvalue weighted by Crippen LogP contribution is -2.26. The summed E-state index contributed by atoms with van der Waals surface area (Å²) in [5.74, 6) is 0. The quantitative estimate of drug-likeness (QED) is 0.588. The SMILES string of the molecule is NC1=NCC(C(F)(F)F)S1. The van der Waals surface area contributed by atoms with Crippen LogP contribution in [0.3, 0.4) is 0 Å². The van der Waals surface area contributed by atoms with Gasteiger partial charge in [-0.2, -0.15) is 13.2 Å². The molecule has 0 aromatic heterocycles. The van der Waals surface area contributed by atoms with Crippen LogP contribution < -0.4 is 5.73 Å². The normalized spacial score (nSPS) is 26.7. The van der Waals surface area contributed by atoms with Gasteiger partial charge in [-0.1, -0.05) is 11.8 Å². The number of hydrogen-bond acceptors (Lipinski definition) is 3. The number of alkyl halides is 3. The van der Waals surface area contributed by atoms with Gasteiger partial charge >= 0.3 is 6.18 Å². The van der Waals surface area contributed by atoms with Crippen LogP contribution in [0.15, 0.2) is 4.99 Å². The van der Waals surface area contributed by atoms with Gasteiger partial charge < -0.3 is 5.73 Å². The Hall–Kier alpha value is -0.390. The van der Waals surface area contributed by atoms with Gasteiger partial charge in [0.25, 0.3) is 0 Å². The molecule has 1 aliphatic rings. The predicted octanol–water partition coefficient (Wildman–Crippen LogP) is 0.979. The Kier molecular flexibility index (Phi) is 1.80. The first-order chi connectivity index (χ1) is 4.50. The van der Waals surface area contributed by atoms with Crippen LogP contribution in [-0.4, -0.2) is 23.1 Å². The molecule has 6 heteroatoms. The Morgan fingerprint density at radius 2 is 2.20 bits per heavy atom. The molecule has 0 saturated carbocycles. The Morgan fingerprint density at radius 3 is 2.40 bits per heavy atom. The van der Waals surface area contributed by atoms with Crippen molar-refractivity contribution < 1.29 is 13.2 Å². The molecule has 0 aromatic rings. The minimum atomic E-state index is -4.17. The molecule has 0 aliphatic carbocycles. The lowest BCUT2D eigenvalue weighted by molar-refractivity contribution is -0.126. The molecule has 2 nitrogen and oxygen atoms in total. The fraction of sp³-hybridized carbons (Fsp3) is 0.750. The molecule has 1 aliphatic heterocycles. The van der Waals surface area contributed by atoms with Crippen LogP contribution in [-0.2, 0) is 0 Å². The molecule has 0 aromatic carbocycles. The van der Waals surface area contributed by atoms with Gasteiger partial charge in [-0.05, 0) is 0 Å². The van der Waals surface area contributed by atoms with E-state index < -0.39 is 11.4 Å². The highest BCUT2D eigenvalue weighted by Gasteiger charge is 2.42. The molecule has 1 atom stereocenters. The summed E-state index contributed by atoms with van der Waals surface area (Å²) in [6, 6.07) is 0. The monoisotopic (exact) mass is 170 g/mol. The molecular weight excluding hydrogens is 165 g/mol. The second-order valence-corrected chi connectivity index (χ2v) is 3.05. The summed E-state index contributed by atoms with van der Waals surface area (Å²) in [5, 5.41) is -1.39. The first kappa shape index (κ1) is 7.71. The van der Waals surface area contributed by atoms with Crippen molar-refractivity contribution in [3.63, 3.8) is 0 Å². The Labute approximate surface area is 59.7 Å². The van der Waals surface area contributed by atoms with Gasteiger partial charge in [0.05, 0.1) is 6.54 Å². The van der Waals surface area contributed by atoms with Gasteiger partial charge in [-0.25, -0.2) is 0 Å². The number of thioether (sulfide) groups is 1. The minimum Gasteiger partial charge on any atom is -0.379 e. The second-order valence-electron chi connectivity index (χ2n) is 1.83. The molecule has 0 amide bonds. The number of hydrogen-bond donors (Lipinski definition) is 1. The lowest BCUT2D eigenvalue weighted by atomic mass is 10.4. The van der Waals surface area contributed by atoms with Crippen molar-refractivity contribution in [2.24, 2.45) is 10.7 Å². The molecule has 1 rings (SSSR count). The van der Waals surface area contributed by atoms with Crippen LogP contribution in [0, 0.1) is 0 Å². The van der Waals surface area contributed by atoms with E-state index in [9.17, 15) is 13.2 Å². The van der Waals surface area contributed by atoms with Crippen LogP contribution >= 0.6 is 11.8 Å². The molecule has 1 unspecified atom stereocenters. The van der Waals surface area contributed by atoms with Crippen molar-refractivity contribution in [1.82, 2.24) is 0 Å². The summed E-state index contributed by atoms with van der Waals surface area (Å²) in [4.78, 5) is 3.42. The third-order valence-corrected chi connectivity index (χ3v) is 2.11. The van der Waals surface area contributed by atoms with E-state index in [-0.39, 0.29) is 11.7 Å². The highest BCUT2D eigenvalue weighted by atomic mass is 32.2. The van der Waals surface area contributed by atoms with Crippen LogP contribution in [0.4, 0.5) is 13.2 Å². The fourth-order valence-corrected chi connectivity index (χ4v) is 1.29. The molecule has 10 heavy (non-hydrogen) atoms. The van der Waals surface area contributed by atoms with E-state index in [1.54, 1.807) is 0 Å². The average molecular weight is 170 g/mol. The summed E-state index contributed by atoms with van der Waals surface area (Å²) in [6.07, 6.45) is -4.17. The highest BCUT2D eigenvalue weighted by molar-refractivity contribution is 8.14. The molecule has 0 saturated heterocycles. The summed E-state index contributed by atoms with van der Waals surface area (Å²) in [6.45, 7) is -0.236. The van der Waals surface area contributed by atoms with Crippen molar-refractivity contribution in [3.05, 3.63) is 0 Å². The van der Waals surface area contributed by atoms with Gasteiger partial charge in [-0.3, -0.25) is 4.99 Å². The molecule has 0 radical (unpaired) electrons. The van der Waals surface area contributed by atoms with Crippen molar-refractivity contribution in [1.29, 1.82) is 0 Å². The van der Waals surface area contributed by atoms with E-state index in [1.807, 2.05) is 0 Å². The topological polar surface area (TPSA) is 38.4 Å². The zero-order chi connectivity index (χ0) is 7.78. The fourth-order valence-electron chi connectivity index (χ4n) is 0.563. The summed E-state index contributed by atoms with van der Waals surface area (Å²) in [5.41, 5.74) is 5.03. The number of nitrogens with two attached hydrogens (primary N) is 1. The van der Waals surface area contributed by atoms with Gasteiger partial charge in [0.2, 0.25) is 0 Å². The Bertz CT molecular complexity index is 164. The summed E-state index contributed by atoms with van der Waals surface area (Å²) in [7, 11) is 0. The summed E-state index contributed by atoms with van der Waals surface area (Å²) >= 11 is 0.575. The van der Waals surface area contributed by atoms with Gasteiger partial charge in [0, 0.05) is 0 Å². The van der Waals surface area contributed by atoms with Crippen LogP contribution in [0.2, 0.25) is 0 Å². The first-order valence-electron chi connectivity index (χ1n) is 2.53. The Morgan fingerprint density at radius 1 is 1.60 bits per heavy atom. The molecular formula is C4H5F3N2S. The van der Waals surface area contributed by atoms with Crippen LogP contribution in [0.1, 0.15) is 0 Å². The van der Waals surface area contributed by atoms with E-state index in [0.717, 1.165) is 0 Å². The smallest absolute Gasteiger partial charge is 0.379 e. The lowest BCUT2D eigenvalue weighted by Gasteiger charge is -2.10. The number of amidine groups is 1. The standard InChI is InChI=1S/C4H5F3N2S/c5-4(6,7)2-1-9-3(8)10-2/h2H,1H2,(H2,8,9). The van der Waals surface area contributed by atoms with Crippen molar-refractivity contribution in [2.75, 3.05) is 6.54 Å². The third kappa shape index (κ3) is 1.56. The Balaban J connectivity index is 2.50. The van der Waals surface area contributed by atoms with E-state index in [0.29, 0.717) is 11.8 Å². The summed E-state index contributed by atoms with van der Waals surface area (Å²) < 4.78 is 35.4. The molecule has 1 heterocycles. The van der Waals surface area contributed by atoms with Gasteiger partial charge in [0.1, 0.15) is 5.25 Å². The van der Waals surface area contributed by atoms with E-state index in [1.165, 1.54) is 0 Å². The maximum Gasteiger partial charge on any atom is 0.402 e. The van der Waals surface area contributed by atoms with Crippen LogP contribution in [0.25, 0.3) is 0 Å². The minimum absolute atomic E-state index is 0.0299. The van der Waals surface area contributed by atoms with Crippen LogP contribution in [0.5, 0.6) is 0 Å². The second kappa shape index (κ2) is 2.34. The largest absolute Gasteiger partial charge is 0.402 e. The van der Waals surface area contributed by atoms with Crippen molar-refractivity contribution in [2.45, 2.75) is 11.4 Å². The number of rotatable bonds is 0. The number of nitrogens with zero attached hydrogens (tertiary/aromatic N) is 1. The maximum atomic E-state index is 11.8. The molecule has 0 fully saturated rings. The van der Waals surface area contributed by atoms with Crippen molar-refractivity contribution in [3.8, 4) is 0 Å². The van der Waals surface area contributed by atoms with Gasteiger partial charge in [-0.15, -0.1) is 0 Å². The zero-order valence-corrected chi connectivity index (χ0v) is 5.67. The average Bonchev–Trinajstić information content (AvgIpc) is 2.11. The van der Waals surface area contributed by atoms with E-state index >= 15 is 0 Å². The maximum absolute atomic E-state index is 11.8. The van der Waals surface area contributed by atoms with Gasteiger partial charge in [0.15, 0.2) is 5.17 Å². The zero-order valence-electron chi connectivity index (χ0n) is 4.85. The third-order valence-electron chi connectivity index (χ3n) is 1.04.